The summed E-state index contributed by atoms with van der Waals surface area (Å²) in [5.74, 6) is 0. The predicted molar refractivity (Wildman–Crippen MR) is 250 cm³/mol. The van der Waals surface area contributed by atoms with Crippen LogP contribution in [0.4, 0.5) is 34.1 Å². The average molecular weight is 749 g/mol. The zero-order valence-electron chi connectivity index (χ0n) is 35.4. The van der Waals surface area contributed by atoms with Gasteiger partial charge in [0.15, 0.2) is 0 Å². The Balaban J connectivity index is 1.40. The van der Waals surface area contributed by atoms with Gasteiger partial charge in [0.05, 0.1) is 5.69 Å². The van der Waals surface area contributed by atoms with E-state index in [1.807, 2.05) is 0 Å². The van der Waals surface area contributed by atoms with Crippen molar-refractivity contribution in [2.45, 2.75) is 119 Å². The molecule has 0 saturated heterocycles. The lowest BCUT2D eigenvalue weighted by Gasteiger charge is -2.44. The maximum atomic E-state index is 2.63. The van der Waals surface area contributed by atoms with Crippen LogP contribution in [0.5, 0.6) is 0 Å². The van der Waals surface area contributed by atoms with Crippen molar-refractivity contribution in [1.82, 2.24) is 0 Å². The molecule has 2 aliphatic rings. The Hall–Kier alpha value is -5.02. The van der Waals surface area contributed by atoms with E-state index in [9.17, 15) is 0 Å². The van der Waals surface area contributed by atoms with Gasteiger partial charge in [-0.15, -0.1) is 0 Å². The van der Waals surface area contributed by atoms with Crippen LogP contribution in [-0.2, 0) is 25.7 Å². The van der Waals surface area contributed by atoms with Crippen LogP contribution in [0.1, 0.15) is 112 Å². The molecule has 0 fully saturated rings. The van der Waals surface area contributed by atoms with E-state index in [0.29, 0.717) is 0 Å². The normalized spacial score (nSPS) is 12.8. The van der Waals surface area contributed by atoms with E-state index in [4.69, 9.17) is 0 Å². The number of hydrogen-bond acceptors (Lipinski definition) is 2. The van der Waals surface area contributed by atoms with E-state index >= 15 is 0 Å². The molecule has 6 aromatic carbocycles. The summed E-state index contributed by atoms with van der Waals surface area (Å²) >= 11 is 0. The van der Waals surface area contributed by atoms with E-state index < -0.39 is 0 Å². The highest BCUT2D eigenvalue weighted by Gasteiger charge is 2.43. The minimum absolute atomic E-state index is 0.133. The van der Waals surface area contributed by atoms with E-state index in [1.54, 1.807) is 0 Å². The van der Waals surface area contributed by atoms with Crippen molar-refractivity contribution in [1.29, 1.82) is 0 Å². The van der Waals surface area contributed by atoms with Gasteiger partial charge < -0.3 is 9.80 Å². The molecule has 2 heterocycles. The highest BCUT2D eigenvalue weighted by molar-refractivity contribution is 7.00. The summed E-state index contributed by atoms with van der Waals surface area (Å²) in [6, 6.07) is 45.8. The Bertz CT molecular complexity index is 2330. The molecule has 0 amide bonds. The second kappa shape index (κ2) is 17.2. The van der Waals surface area contributed by atoms with Gasteiger partial charge in [0, 0.05) is 34.0 Å². The van der Waals surface area contributed by atoms with Gasteiger partial charge in [-0.3, -0.25) is 0 Å². The topological polar surface area (TPSA) is 6.48 Å². The summed E-state index contributed by atoms with van der Waals surface area (Å²) < 4.78 is 0. The van der Waals surface area contributed by atoms with Crippen LogP contribution in [0.3, 0.4) is 0 Å². The number of fused-ring (bicyclic) bond motifs is 4. The molecule has 57 heavy (non-hydrogen) atoms. The molecule has 0 saturated carbocycles. The molecule has 3 heteroatoms. The molecular formula is C54H61BN2. The van der Waals surface area contributed by atoms with Crippen molar-refractivity contribution in [3.8, 4) is 11.1 Å². The lowest BCUT2D eigenvalue weighted by atomic mass is 9.33. The number of aryl methyl sites for hydroxylation is 6. The highest BCUT2D eigenvalue weighted by Crippen LogP contribution is 2.47. The largest absolute Gasteiger partial charge is 0.311 e. The Labute approximate surface area is 344 Å². The molecule has 290 valence electrons. The fourth-order valence-electron chi connectivity index (χ4n) is 9.52. The Morgan fingerprint density at radius 2 is 0.877 bits per heavy atom. The molecule has 0 radical (unpaired) electrons. The number of rotatable bonds is 15. The average Bonchev–Trinajstić information content (AvgIpc) is 3.23. The number of benzene rings is 6. The van der Waals surface area contributed by atoms with Crippen LogP contribution in [0.2, 0.25) is 0 Å². The van der Waals surface area contributed by atoms with E-state index in [0.717, 1.165) is 25.7 Å². The smallest absolute Gasteiger partial charge is 0.252 e. The lowest BCUT2D eigenvalue weighted by molar-refractivity contribution is 0.795. The number of unbranched alkanes of at least 4 members (excludes halogenated alkanes) is 4. The molecule has 6 aromatic rings. The van der Waals surface area contributed by atoms with Gasteiger partial charge in [-0.05, 0) is 158 Å². The van der Waals surface area contributed by atoms with Crippen LogP contribution >= 0.6 is 0 Å². The Kier molecular flexibility index (Phi) is 11.7. The fourth-order valence-corrected chi connectivity index (χ4v) is 9.52. The number of hydrogen-bond donors (Lipinski definition) is 0. The van der Waals surface area contributed by atoms with Crippen LogP contribution in [0, 0.1) is 13.8 Å². The maximum absolute atomic E-state index is 2.63. The standard InChI is InChI=1S/C54H61BN2/c1-7-11-16-40-22-27-45(28-23-40)56-50-30-25-42(18-13-9-3)36-47(50)55-48-37-43(19-14-10-4)26-31-51(48)57(53-21-15-20-52(56)54(53)55)49-29-24-41(17-12-8-2)35-46(49)44-33-38(5)32-39(6)34-44/h15,20-37H,7-14,16-19H2,1-6H3. The van der Waals surface area contributed by atoms with Crippen LogP contribution in [-0.4, -0.2) is 6.71 Å². The molecule has 2 nitrogen and oxygen atoms in total. The van der Waals surface area contributed by atoms with Gasteiger partial charge in [-0.1, -0.05) is 131 Å². The summed E-state index contributed by atoms with van der Waals surface area (Å²) in [5, 5.41) is 0. The van der Waals surface area contributed by atoms with Gasteiger partial charge in [-0.2, -0.15) is 0 Å². The summed E-state index contributed by atoms with van der Waals surface area (Å²) in [4.78, 5) is 5.20. The molecule has 0 aliphatic carbocycles. The number of nitrogens with zero attached hydrogens (tertiary/aromatic N) is 2. The summed E-state index contributed by atoms with van der Waals surface area (Å²) in [7, 11) is 0. The van der Waals surface area contributed by atoms with Gasteiger partial charge in [-0.25, -0.2) is 0 Å². The first-order valence-electron chi connectivity index (χ1n) is 22.2. The highest BCUT2D eigenvalue weighted by atomic mass is 15.2. The second-order valence-electron chi connectivity index (χ2n) is 16.9. The Morgan fingerprint density at radius 3 is 1.42 bits per heavy atom. The zero-order valence-corrected chi connectivity index (χ0v) is 35.4. The minimum Gasteiger partial charge on any atom is -0.311 e. The minimum atomic E-state index is 0.133. The lowest BCUT2D eigenvalue weighted by Crippen LogP contribution is -2.61. The van der Waals surface area contributed by atoms with Gasteiger partial charge in [0.1, 0.15) is 0 Å². The van der Waals surface area contributed by atoms with Crippen LogP contribution < -0.4 is 26.2 Å². The molecule has 2 aliphatic heterocycles. The molecule has 0 bridgehead atoms. The molecule has 0 N–H and O–H groups in total. The molecule has 0 atom stereocenters. The second-order valence-corrected chi connectivity index (χ2v) is 16.9. The third-order valence-electron chi connectivity index (χ3n) is 12.4. The zero-order chi connectivity index (χ0) is 39.5. The summed E-state index contributed by atoms with van der Waals surface area (Å²) in [6.07, 6.45) is 14.0. The van der Waals surface area contributed by atoms with Crippen molar-refractivity contribution >= 4 is 57.2 Å². The van der Waals surface area contributed by atoms with E-state index in [1.165, 1.54) is 146 Å². The van der Waals surface area contributed by atoms with Crippen molar-refractivity contribution in [3.05, 3.63) is 149 Å². The third kappa shape index (κ3) is 7.71. The van der Waals surface area contributed by atoms with Crippen molar-refractivity contribution in [3.63, 3.8) is 0 Å². The molecule has 0 aromatic heterocycles. The van der Waals surface area contributed by atoms with Gasteiger partial charge in [0.25, 0.3) is 6.71 Å². The van der Waals surface area contributed by atoms with Crippen molar-refractivity contribution in [2.75, 3.05) is 9.80 Å². The van der Waals surface area contributed by atoms with Crippen LogP contribution in [0.25, 0.3) is 11.1 Å². The molecule has 8 rings (SSSR count). The van der Waals surface area contributed by atoms with Gasteiger partial charge >= 0.3 is 0 Å². The van der Waals surface area contributed by atoms with E-state index in [-0.39, 0.29) is 6.71 Å². The first kappa shape index (κ1) is 38.8. The maximum Gasteiger partial charge on any atom is 0.252 e. The Morgan fingerprint density at radius 1 is 0.421 bits per heavy atom. The van der Waals surface area contributed by atoms with Crippen LogP contribution in [0.15, 0.2) is 115 Å². The van der Waals surface area contributed by atoms with E-state index in [2.05, 4.69) is 167 Å². The molecule has 0 spiro atoms. The molecular weight excluding hydrogens is 687 g/mol. The third-order valence-corrected chi connectivity index (χ3v) is 12.4. The first-order chi connectivity index (χ1) is 27.9. The SMILES string of the molecule is CCCCc1ccc(N2c3ccc(CCCC)cc3B3c4cc(CCCC)ccc4N(c4ccc(CCCC)cc4-c4cc(C)cc(C)c4)c4cccc2c43)cc1. The molecule has 0 unspecified atom stereocenters. The predicted octanol–water partition coefficient (Wildman–Crippen LogP) is 13.4. The number of anilines is 6. The quantitative estimate of drug-likeness (QED) is 0.0964. The van der Waals surface area contributed by atoms with Gasteiger partial charge in [0.2, 0.25) is 0 Å². The first-order valence-corrected chi connectivity index (χ1v) is 22.2. The summed E-state index contributed by atoms with van der Waals surface area (Å²) in [6.45, 7) is 13.8. The van der Waals surface area contributed by atoms with Crippen molar-refractivity contribution in [2.24, 2.45) is 0 Å². The van der Waals surface area contributed by atoms with Crippen molar-refractivity contribution < 1.29 is 0 Å². The summed E-state index contributed by atoms with van der Waals surface area (Å²) in [5.41, 5.74) is 22.9. The fraction of sp³-hybridized carbons (Fsp3) is 0.333. The monoisotopic (exact) mass is 748 g/mol.